The van der Waals surface area contributed by atoms with E-state index < -0.39 is 11.7 Å². The van der Waals surface area contributed by atoms with E-state index in [1.807, 2.05) is 6.92 Å². The highest BCUT2D eigenvalue weighted by molar-refractivity contribution is 5.98. The summed E-state index contributed by atoms with van der Waals surface area (Å²) in [7, 11) is 0. The number of anilines is 1. The molecule has 0 aliphatic heterocycles. The first kappa shape index (κ1) is 19.8. The molecule has 3 rings (SSSR count). The van der Waals surface area contributed by atoms with Crippen LogP contribution < -0.4 is 5.32 Å². The summed E-state index contributed by atoms with van der Waals surface area (Å²) in [5.74, 6) is -3.65. The first-order chi connectivity index (χ1) is 13.2. The van der Waals surface area contributed by atoms with Gasteiger partial charge in [-0.2, -0.15) is 8.78 Å². The Morgan fingerprint density at radius 2 is 2.07 bits per heavy atom. The van der Waals surface area contributed by atoms with Gasteiger partial charge in [-0.1, -0.05) is 6.92 Å². The molecule has 3 aromatic rings. The van der Waals surface area contributed by atoms with E-state index in [1.54, 1.807) is 29.1 Å². The SMILES string of the molecule is CCc1cc(-c2cn(CCO)c3cnc(NC(C)=O)cc23)nc(C(C)(F)F)n1. The molecule has 0 bridgehead atoms. The zero-order valence-electron chi connectivity index (χ0n) is 15.8. The Bertz CT molecular complexity index is 1030. The van der Waals surface area contributed by atoms with Crippen LogP contribution in [0, 0.1) is 0 Å². The maximum absolute atomic E-state index is 13.9. The number of nitrogens with one attached hydrogen (secondary N) is 1. The van der Waals surface area contributed by atoms with Crippen molar-refractivity contribution in [3.8, 4) is 11.3 Å². The molecular weight excluding hydrogens is 368 g/mol. The van der Waals surface area contributed by atoms with Gasteiger partial charge in [0.25, 0.3) is 0 Å². The number of fused-ring (bicyclic) bond motifs is 1. The van der Waals surface area contributed by atoms with Crippen molar-refractivity contribution < 1.29 is 18.7 Å². The average Bonchev–Trinajstić information content (AvgIpc) is 2.98. The van der Waals surface area contributed by atoms with Crippen molar-refractivity contribution >= 4 is 22.6 Å². The second kappa shape index (κ2) is 7.59. The van der Waals surface area contributed by atoms with Crippen LogP contribution in [0.25, 0.3) is 22.2 Å². The number of pyridine rings is 1. The molecule has 9 heteroatoms. The topological polar surface area (TPSA) is 92.9 Å². The molecule has 0 radical (unpaired) electrons. The van der Waals surface area contributed by atoms with Gasteiger partial charge in [0.2, 0.25) is 5.91 Å². The summed E-state index contributed by atoms with van der Waals surface area (Å²) in [6.45, 7) is 4.17. The van der Waals surface area contributed by atoms with Gasteiger partial charge in [0.1, 0.15) is 5.82 Å². The summed E-state index contributed by atoms with van der Waals surface area (Å²) in [4.78, 5) is 23.6. The van der Waals surface area contributed by atoms with Gasteiger partial charge < -0.3 is 15.0 Å². The number of hydrogen-bond acceptors (Lipinski definition) is 5. The van der Waals surface area contributed by atoms with Crippen LogP contribution in [0.5, 0.6) is 0 Å². The minimum Gasteiger partial charge on any atom is -0.395 e. The molecule has 28 heavy (non-hydrogen) atoms. The van der Waals surface area contributed by atoms with Gasteiger partial charge in [-0.05, 0) is 18.6 Å². The van der Waals surface area contributed by atoms with Crippen molar-refractivity contribution in [1.82, 2.24) is 19.5 Å². The molecule has 0 aromatic carbocycles. The summed E-state index contributed by atoms with van der Waals surface area (Å²) < 4.78 is 29.6. The number of aliphatic hydroxyl groups is 1. The van der Waals surface area contributed by atoms with Crippen molar-refractivity contribution in [2.75, 3.05) is 11.9 Å². The summed E-state index contributed by atoms with van der Waals surface area (Å²) >= 11 is 0. The molecule has 0 unspecified atom stereocenters. The summed E-state index contributed by atoms with van der Waals surface area (Å²) in [5, 5.41) is 12.6. The normalized spacial score (nSPS) is 11.8. The lowest BCUT2D eigenvalue weighted by molar-refractivity contribution is -0.114. The van der Waals surface area contributed by atoms with E-state index in [0.29, 0.717) is 46.6 Å². The molecule has 0 aliphatic rings. The van der Waals surface area contributed by atoms with E-state index in [0.717, 1.165) is 6.92 Å². The van der Waals surface area contributed by atoms with Gasteiger partial charge in [-0.3, -0.25) is 4.79 Å². The number of nitrogens with zero attached hydrogens (tertiary/aromatic N) is 4. The number of halogens is 2. The highest BCUT2D eigenvalue weighted by Crippen LogP contribution is 2.33. The number of carbonyl (C=O) groups is 1. The number of alkyl halides is 2. The fraction of sp³-hybridized carbons (Fsp3) is 0.368. The van der Waals surface area contributed by atoms with E-state index in [-0.39, 0.29) is 12.5 Å². The maximum Gasteiger partial charge on any atom is 0.303 e. The van der Waals surface area contributed by atoms with Gasteiger partial charge in [0.15, 0.2) is 5.82 Å². The van der Waals surface area contributed by atoms with Crippen LogP contribution in [-0.4, -0.2) is 37.1 Å². The molecule has 0 saturated carbocycles. The minimum absolute atomic E-state index is 0.0983. The van der Waals surface area contributed by atoms with Gasteiger partial charge >= 0.3 is 5.92 Å². The Kier molecular flexibility index (Phi) is 5.37. The third-order valence-corrected chi connectivity index (χ3v) is 4.22. The fourth-order valence-corrected chi connectivity index (χ4v) is 2.95. The first-order valence-electron chi connectivity index (χ1n) is 8.87. The molecule has 0 spiro atoms. The van der Waals surface area contributed by atoms with Crippen molar-refractivity contribution in [2.45, 2.75) is 39.7 Å². The Morgan fingerprint density at radius 3 is 2.68 bits per heavy atom. The quantitative estimate of drug-likeness (QED) is 0.676. The number of amides is 1. The molecule has 1 amide bonds. The number of aryl methyl sites for hydroxylation is 1. The number of hydrogen-bond donors (Lipinski definition) is 2. The van der Waals surface area contributed by atoms with Crippen molar-refractivity contribution in [3.63, 3.8) is 0 Å². The maximum atomic E-state index is 13.9. The second-order valence-corrected chi connectivity index (χ2v) is 6.54. The molecule has 0 fully saturated rings. The van der Waals surface area contributed by atoms with Crippen molar-refractivity contribution in [3.05, 3.63) is 36.0 Å². The van der Waals surface area contributed by atoms with Crippen LogP contribution in [0.1, 0.15) is 32.3 Å². The Labute approximate surface area is 160 Å². The molecule has 0 atom stereocenters. The van der Waals surface area contributed by atoms with E-state index in [1.165, 1.54) is 6.92 Å². The largest absolute Gasteiger partial charge is 0.395 e. The molecule has 3 heterocycles. The zero-order valence-corrected chi connectivity index (χ0v) is 15.8. The van der Waals surface area contributed by atoms with Crippen LogP contribution in [0.15, 0.2) is 24.5 Å². The lowest BCUT2D eigenvalue weighted by Crippen LogP contribution is -2.14. The smallest absolute Gasteiger partial charge is 0.303 e. The molecule has 148 valence electrons. The van der Waals surface area contributed by atoms with Crippen LogP contribution in [-0.2, 0) is 23.7 Å². The van der Waals surface area contributed by atoms with Crippen molar-refractivity contribution in [2.24, 2.45) is 0 Å². The van der Waals surface area contributed by atoms with E-state index in [9.17, 15) is 18.7 Å². The Hall–Kier alpha value is -2.94. The van der Waals surface area contributed by atoms with Gasteiger partial charge in [0.05, 0.1) is 24.0 Å². The standard InChI is InChI=1S/C19H21F2N5O2/c1-4-12-7-15(25-18(24-12)19(3,20)21)14-10-26(5-6-27)16-9-22-17(8-13(14)16)23-11(2)28/h7-10,27H,4-6H2,1-3H3,(H,22,23,28). The summed E-state index contributed by atoms with van der Waals surface area (Å²) in [6, 6.07) is 3.34. The van der Waals surface area contributed by atoms with Crippen molar-refractivity contribution in [1.29, 1.82) is 0 Å². The first-order valence-corrected chi connectivity index (χ1v) is 8.87. The highest BCUT2D eigenvalue weighted by Gasteiger charge is 2.29. The lowest BCUT2D eigenvalue weighted by Gasteiger charge is -2.12. The van der Waals surface area contributed by atoms with Crippen LogP contribution in [0.2, 0.25) is 0 Å². The number of aromatic nitrogens is 4. The van der Waals surface area contributed by atoms with Crippen LogP contribution in [0.3, 0.4) is 0 Å². The Morgan fingerprint density at radius 1 is 1.32 bits per heavy atom. The average molecular weight is 389 g/mol. The summed E-state index contributed by atoms with van der Waals surface area (Å²) in [5.41, 5.74) is 2.14. The van der Waals surface area contributed by atoms with Crippen LogP contribution >= 0.6 is 0 Å². The zero-order chi connectivity index (χ0) is 20.5. The minimum atomic E-state index is -3.17. The molecule has 2 N–H and O–H groups in total. The molecule has 0 aliphatic carbocycles. The van der Waals surface area contributed by atoms with E-state index >= 15 is 0 Å². The van der Waals surface area contributed by atoms with Crippen LogP contribution in [0.4, 0.5) is 14.6 Å². The van der Waals surface area contributed by atoms with Gasteiger partial charge in [0, 0.05) is 43.2 Å². The van der Waals surface area contributed by atoms with E-state index in [4.69, 9.17) is 0 Å². The Balaban J connectivity index is 2.25. The highest BCUT2D eigenvalue weighted by atomic mass is 19.3. The monoisotopic (exact) mass is 389 g/mol. The molecule has 0 saturated heterocycles. The number of aliphatic hydroxyl groups excluding tert-OH is 1. The third-order valence-electron chi connectivity index (χ3n) is 4.22. The molecular formula is C19H21F2N5O2. The number of carbonyl (C=O) groups excluding carboxylic acids is 1. The molecule has 3 aromatic heterocycles. The van der Waals surface area contributed by atoms with E-state index in [2.05, 4.69) is 20.3 Å². The van der Waals surface area contributed by atoms with Gasteiger partial charge in [-0.25, -0.2) is 15.0 Å². The fourth-order valence-electron chi connectivity index (χ4n) is 2.95. The number of rotatable bonds is 6. The molecule has 7 nitrogen and oxygen atoms in total. The summed E-state index contributed by atoms with van der Waals surface area (Å²) in [6.07, 6.45) is 3.78. The predicted octanol–water partition coefficient (Wildman–Crippen LogP) is 3.12. The lowest BCUT2D eigenvalue weighted by atomic mass is 10.1. The third kappa shape index (κ3) is 3.99. The van der Waals surface area contributed by atoms with Gasteiger partial charge in [-0.15, -0.1) is 0 Å². The second-order valence-electron chi connectivity index (χ2n) is 6.54. The predicted molar refractivity (Wildman–Crippen MR) is 101 cm³/mol.